The van der Waals surface area contributed by atoms with Crippen molar-refractivity contribution in [1.29, 1.82) is 0 Å². The number of nitrogens with zero attached hydrogens (tertiary/aromatic N) is 1. The number of anilines is 1. The van der Waals surface area contributed by atoms with E-state index in [2.05, 4.69) is 10.3 Å². The molecular weight excluding hydrogens is 435 g/mol. The van der Waals surface area contributed by atoms with Crippen LogP contribution in [0.5, 0.6) is 0 Å². The molecule has 166 valence electrons. The Labute approximate surface area is 180 Å². The maximum atomic E-state index is 14.6. The van der Waals surface area contributed by atoms with E-state index in [9.17, 15) is 27.1 Å². The highest BCUT2D eigenvalue weighted by atomic mass is 32.2. The molecule has 0 saturated heterocycles. The number of pyridine rings is 1. The molecule has 0 aliphatic carbocycles. The fourth-order valence-electron chi connectivity index (χ4n) is 3.34. The number of nitrogens with one attached hydrogen (secondary N) is 1. The summed E-state index contributed by atoms with van der Waals surface area (Å²) in [6, 6.07) is 8.71. The summed E-state index contributed by atoms with van der Waals surface area (Å²) < 4.78 is 71.7. The molecule has 0 amide bonds. The first-order valence-electron chi connectivity index (χ1n) is 9.52. The molecule has 0 bridgehead atoms. The standard InChI is InChI=1S/C22H21F5N2OS/c1-3-31-12-21(30,22(25,26)27)20(19-15(23)6-4-7-16(19)24)29-18-9-5-8-17-14(18)11-10-13(2)28-17/h4-11,20,29-30H,3,12H2,1-2H3. The highest BCUT2D eigenvalue weighted by Gasteiger charge is 2.60. The zero-order valence-corrected chi connectivity index (χ0v) is 17.6. The second-order valence-electron chi connectivity index (χ2n) is 7.10. The van der Waals surface area contributed by atoms with E-state index in [4.69, 9.17) is 0 Å². The van der Waals surface area contributed by atoms with Crippen LogP contribution >= 0.6 is 11.8 Å². The maximum Gasteiger partial charge on any atom is 0.420 e. The second-order valence-corrected chi connectivity index (χ2v) is 8.37. The van der Waals surface area contributed by atoms with Gasteiger partial charge >= 0.3 is 6.18 Å². The van der Waals surface area contributed by atoms with Crippen LogP contribution in [0.25, 0.3) is 10.9 Å². The monoisotopic (exact) mass is 456 g/mol. The molecule has 0 aliphatic rings. The quantitative estimate of drug-likeness (QED) is 0.427. The lowest BCUT2D eigenvalue weighted by molar-refractivity contribution is -0.257. The molecule has 2 atom stereocenters. The molecule has 0 saturated carbocycles. The zero-order chi connectivity index (χ0) is 22.8. The van der Waals surface area contributed by atoms with Crippen molar-refractivity contribution in [2.24, 2.45) is 0 Å². The number of hydrogen-bond acceptors (Lipinski definition) is 4. The molecule has 2 aromatic carbocycles. The van der Waals surface area contributed by atoms with Crippen LogP contribution in [-0.2, 0) is 0 Å². The topological polar surface area (TPSA) is 45.1 Å². The lowest BCUT2D eigenvalue weighted by Gasteiger charge is -2.39. The minimum Gasteiger partial charge on any atom is -0.378 e. The van der Waals surface area contributed by atoms with E-state index in [-0.39, 0.29) is 11.4 Å². The maximum absolute atomic E-state index is 14.6. The Bertz CT molecular complexity index is 1060. The lowest BCUT2D eigenvalue weighted by Crippen LogP contribution is -2.55. The Balaban J connectivity index is 2.22. The molecule has 3 rings (SSSR count). The van der Waals surface area contributed by atoms with E-state index in [1.54, 1.807) is 38.1 Å². The van der Waals surface area contributed by atoms with Crippen molar-refractivity contribution in [3.63, 3.8) is 0 Å². The number of alkyl halides is 3. The van der Waals surface area contributed by atoms with Gasteiger partial charge in [-0.3, -0.25) is 4.98 Å². The normalized spacial score (nSPS) is 15.0. The predicted molar refractivity (Wildman–Crippen MR) is 113 cm³/mol. The third-order valence-electron chi connectivity index (χ3n) is 4.95. The SMILES string of the molecule is CCSCC(O)(C(Nc1cccc2nc(C)ccc12)c1c(F)cccc1F)C(F)(F)F. The molecule has 2 N–H and O–H groups in total. The zero-order valence-electron chi connectivity index (χ0n) is 16.8. The van der Waals surface area contributed by atoms with Crippen LogP contribution in [-0.4, -0.2) is 33.4 Å². The first-order valence-corrected chi connectivity index (χ1v) is 10.7. The van der Waals surface area contributed by atoms with Crippen LogP contribution in [0.1, 0.15) is 24.2 Å². The molecule has 1 aromatic heterocycles. The molecule has 31 heavy (non-hydrogen) atoms. The first-order chi connectivity index (χ1) is 14.6. The molecule has 1 heterocycles. The fourth-order valence-corrected chi connectivity index (χ4v) is 4.19. The molecule has 0 aliphatic heterocycles. The summed E-state index contributed by atoms with van der Waals surface area (Å²) in [5, 5.41) is 13.9. The number of hydrogen-bond donors (Lipinski definition) is 2. The summed E-state index contributed by atoms with van der Waals surface area (Å²) in [7, 11) is 0. The summed E-state index contributed by atoms with van der Waals surface area (Å²) in [6.07, 6.45) is -5.17. The first kappa shape index (κ1) is 23.3. The molecule has 9 heteroatoms. The lowest BCUT2D eigenvalue weighted by atomic mass is 9.88. The number of aromatic nitrogens is 1. The van der Waals surface area contributed by atoms with E-state index in [0.29, 0.717) is 16.6 Å². The van der Waals surface area contributed by atoms with E-state index in [1.807, 2.05) is 0 Å². The second kappa shape index (κ2) is 9.00. The van der Waals surface area contributed by atoms with Crippen LogP contribution < -0.4 is 5.32 Å². The molecule has 2 unspecified atom stereocenters. The van der Waals surface area contributed by atoms with Gasteiger partial charge in [-0.15, -0.1) is 0 Å². The number of aryl methyl sites for hydroxylation is 1. The van der Waals surface area contributed by atoms with Crippen molar-refractivity contribution >= 4 is 28.4 Å². The summed E-state index contributed by atoms with van der Waals surface area (Å²) >= 11 is 0.826. The highest BCUT2D eigenvalue weighted by Crippen LogP contribution is 2.45. The van der Waals surface area contributed by atoms with Gasteiger partial charge in [0.15, 0.2) is 5.60 Å². The smallest absolute Gasteiger partial charge is 0.378 e. The number of aliphatic hydroxyl groups is 1. The molecule has 3 nitrogen and oxygen atoms in total. The Hall–Kier alpha value is -2.39. The molecular formula is C22H21F5N2OS. The van der Waals surface area contributed by atoms with Gasteiger partial charge in [0.2, 0.25) is 0 Å². The van der Waals surface area contributed by atoms with Gasteiger partial charge in [-0.05, 0) is 49.1 Å². The van der Waals surface area contributed by atoms with Crippen LogP contribution in [0.15, 0.2) is 48.5 Å². The summed E-state index contributed by atoms with van der Waals surface area (Å²) in [4.78, 5) is 4.33. The van der Waals surface area contributed by atoms with Crippen LogP contribution in [0.4, 0.5) is 27.6 Å². The van der Waals surface area contributed by atoms with Crippen molar-refractivity contribution in [1.82, 2.24) is 4.98 Å². The average molecular weight is 456 g/mol. The van der Waals surface area contributed by atoms with Crippen molar-refractivity contribution in [3.8, 4) is 0 Å². The Morgan fingerprint density at radius 2 is 1.68 bits per heavy atom. The van der Waals surface area contributed by atoms with Crippen LogP contribution in [0, 0.1) is 18.6 Å². The Morgan fingerprint density at radius 1 is 1.03 bits per heavy atom. The van der Waals surface area contributed by atoms with Gasteiger partial charge in [0.25, 0.3) is 0 Å². The summed E-state index contributed by atoms with van der Waals surface area (Å²) in [5.41, 5.74) is -2.96. The van der Waals surface area contributed by atoms with Crippen molar-refractivity contribution in [2.75, 3.05) is 16.8 Å². The number of thioether (sulfide) groups is 1. The van der Waals surface area contributed by atoms with E-state index < -0.39 is 40.8 Å². The van der Waals surface area contributed by atoms with Crippen LogP contribution in [0.2, 0.25) is 0 Å². The van der Waals surface area contributed by atoms with E-state index in [1.165, 1.54) is 6.07 Å². The van der Waals surface area contributed by atoms with Gasteiger partial charge in [-0.25, -0.2) is 8.78 Å². The largest absolute Gasteiger partial charge is 0.420 e. The minimum absolute atomic E-state index is 0.168. The van der Waals surface area contributed by atoms with Crippen molar-refractivity contribution < 1.29 is 27.1 Å². The highest BCUT2D eigenvalue weighted by molar-refractivity contribution is 7.99. The number of rotatable bonds is 7. The molecule has 0 radical (unpaired) electrons. The molecule has 0 fully saturated rings. The summed E-state index contributed by atoms with van der Waals surface area (Å²) in [6.45, 7) is 3.40. The third-order valence-corrected chi connectivity index (χ3v) is 6.01. The number of fused-ring (bicyclic) bond motifs is 1. The van der Waals surface area contributed by atoms with Gasteiger partial charge < -0.3 is 10.4 Å². The van der Waals surface area contributed by atoms with Gasteiger partial charge in [0.1, 0.15) is 11.6 Å². The molecule has 3 aromatic rings. The fraction of sp³-hybridized carbons (Fsp3) is 0.318. The number of benzene rings is 2. The van der Waals surface area contributed by atoms with Crippen LogP contribution in [0.3, 0.4) is 0 Å². The van der Waals surface area contributed by atoms with Crippen molar-refractivity contribution in [2.45, 2.75) is 31.7 Å². The van der Waals surface area contributed by atoms with Gasteiger partial charge in [0.05, 0.1) is 11.6 Å². The van der Waals surface area contributed by atoms with E-state index >= 15 is 0 Å². The van der Waals surface area contributed by atoms with Crippen molar-refractivity contribution in [3.05, 3.63) is 71.4 Å². The number of halogens is 5. The van der Waals surface area contributed by atoms with E-state index in [0.717, 1.165) is 30.0 Å². The van der Waals surface area contributed by atoms with Gasteiger partial charge in [-0.1, -0.05) is 19.1 Å². The third kappa shape index (κ3) is 4.62. The molecule has 0 spiro atoms. The Kier molecular flexibility index (Phi) is 6.76. The minimum atomic E-state index is -5.17. The summed E-state index contributed by atoms with van der Waals surface area (Å²) in [5.74, 6) is -2.89. The van der Waals surface area contributed by atoms with Gasteiger partial charge in [-0.2, -0.15) is 24.9 Å². The Morgan fingerprint density at radius 3 is 2.29 bits per heavy atom. The predicted octanol–water partition coefficient (Wildman–Crippen LogP) is 6.02. The van der Waals surface area contributed by atoms with Gasteiger partial charge in [0, 0.05) is 28.1 Å². The average Bonchev–Trinajstić information content (AvgIpc) is 2.70.